The van der Waals surface area contributed by atoms with Crippen molar-refractivity contribution in [3.8, 4) is 0 Å². The highest BCUT2D eigenvalue weighted by atomic mass is 19.4. The summed E-state index contributed by atoms with van der Waals surface area (Å²) < 4.78 is 65.8. The van der Waals surface area contributed by atoms with E-state index >= 15 is 0 Å². The number of halogens is 5. The second-order valence-electron chi connectivity index (χ2n) is 6.53. The van der Waals surface area contributed by atoms with Gasteiger partial charge in [-0.15, -0.1) is 0 Å². The summed E-state index contributed by atoms with van der Waals surface area (Å²) in [5, 5.41) is 14.6. The zero-order valence-corrected chi connectivity index (χ0v) is 14.6. The van der Waals surface area contributed by atoms with Gasteiger partial charge in [0.15, 0.2) is 17.3 Å². The van der Waals surface area contributed by atoms with Gasteiger partial charge in [0.05, 0.1) is 17.2 Å². The molecule has 1 heterocycles. The first kappa shape index (κ1) is 19.8. The number of hydrogen-bond donors (Lipinski definition) is 1. The van der Waals surface area contributed by atoms with Crippen LogP contribution < -0.4 is 5.32 Å². The van der Waals surface area contributed by atoms with E-state index in [1.165, 1.54) is 25.1 Å². The number of alkyl halides is 3. The minimum Gasteiger partial charge on any atom is -0.623 e. The summed E-state index contributed by atoms with van der Waals surface area (Å²) in [4.78, 5) is 12.6. The van der Waals surface area contributed by atoms with Crippen molar-refractivity contribution in [2.75, 3.05) is 5.32 Å². The number of nitrogens with zero attached hydrogens (tertiary/aromatic N) is 1. The van der Waals surface area contributed by atoms with Gasteiger partial charge in [-0.25, -0.2) is 13.5 Å². The molecule has 0 saturated carbocycles. The molecule has 0 aromatic heterocycles. The predicted octanol–water partition coefficient (Wildman–Crippen LogP) is 4.45. The van der Waals surface area contributed by atoms with E-state index in [2.05, 4.69) is 5.32 Å². The van der Waals surface area contributed by atoms with E-state index in [0.29, 0.717) is 16.0 Å². The van der Waals surface area contributed by atoms with E-state index < -0.39 is 46.9 Å². The Bertz CT molecular complexity index is 938. The Hall–Kier alpha value is -2.97. The number of benzene rings is 2. The molecule has 0 radical (unpaired) electrons. The molecule has 2 aromatic rings. The Morgan fingerprint density at radius 2 is 1.79 bits per heavy atom. The van der Waals surface area contributed by atoms with Crippen molar-refractivity contribution in [1.82, 2.24) is 0 Å². The first-order valence-electron chi connectivity index (χ1n) is 8.30. The van der Waals surface area contributed by atoms with E-state index in [4.69, 9.17) is 0 Å². The van der Waals surface area contributed by atoms with Crippen molar-refractivity contribution in [2.24, 2.45) is 0 Å². The molecule has 0 aliphatic carbocycles. The Balaban J connectivity index is 1.88. The average Bonchev–Trinajstić information content (AvgIpc) is 2.93. The fourth-order valence-corrected chi connectivity index (χ4v) is 3.24. The summed E-state index contributed by atoms with van der Waals surface area (Å²) in [6.45, 7) is 1.50. The molecule has 148 valence electrons. The van der Waals surface area contributed by atoms with Crippen LogP contribution in [0.5, 0.6) is 0 Å². The predicted molar refractivity (Wildman–Crippen MR) is 91.9 cm³/mol. The molecular weight excluding hydrogens is 383 g/mol. The van der Waals surface area contributed by atoms with Crippen LogP contribution in [-0.2, 0) is 11.0 Å². The van der Waals surface area contributed by atoms with Gasteiger partial charge in [-0.1, -0.05) is 18.2 Å². The third-order valence-corrected chi connectivity index (χ3v) is 4.67. The van der Waals surface area contributed by atoms with Crippen molar-refractivity contribution >= 4 is 17.3 Å². The molecule has 1 aliphatic heterocycles. The molecule has 0 unspecified atom stereocenters. The molecule has 0 spiro atoms. The molecule has 1 amide bonds. The zero-order chi connectivity index (χ0) is 20.6. The van der Waals surface area contributed by atoms with Gasteiger partial charge in [0.25, 0.3) is 5.91 Å². The number of carbonyl (C=O) groups excluding carboxylic acids is 1. The smallest absolute Gasteiger partial charge is 0.416 e. The summed E-state index contributed by atoms with van der Waals surface area (Å²) >= 11 is 0. The first-order chi connectivity index (χ1) is 13.1. The van der Waals surface area contributed by atoms with Crippen molar-refractivity contribution in [2.45, 2.75) is 31.5 Å². The highest BCUT2D eigenvalue weighted by Gasteiger charge is 2.44. The third kappa shape index (κ3) is 3.69. The van der Waals surface area contributed by atoms with Crippen LogP contribution in [0.15, 0.2) is 42.5 Å². The van der Waals surface area contributed by atoms with Crippen LogP contribution in [0.4, 0.5) is 27.6 Å². The van der Waals surface area contributed by atoms with E-state index in [1.807, 2.05) is 0 Å². The maximum atomic E-state index is 13.8. The number of hydroxylamine groups is 1. The molecule has 1 aliphatic rings. The summed E-state index contributed by atoms with van der Waals surface area (Å²) in [5.74, 6) is -4.03. The van der Waals surface area contributed by atoms with Gasteiger partial charge in [-0.2, -0.15) is 13.2 Å². The monoisotopic (exact) mass is 398 g/mol. The zero-order valence-electron chi connectivity index (χ0n) is 14.6. The normalized spacial score (nSPS) is 19.8. The molecule has 0 fully saturated rings. The average molecular weight is 398 g/mol. The second-order valence-corrected chi connectivity index (χ2v) is 6.53. The van der Waals surface area contributed by atoms with E-state index in [-0.39, 0.29) is 6.42 Å². The lowest BCUT2D eigenvalue weighted by atomic mass is 9.89. The Kier molecular flexibility index (Phi) is 5.10. The lowest BCUT2D eigenvalue weighted by molar-refractivity contribution is -0.479. The largest absolute Gasteiger partial charge is 0.623 e. The first-order valence-corrected chi connectivity index (χ1v) is 8.30. The van der Waals surface area contributed by atoms with Gasteiger partial charge in [-0.3, -0.25) is 4.79 Å². The fourth-order valence-electron chi connectivity index (χ4n) is 3.24. The second kappa shape index (κ2) is 7.21. The van der Waals surface area contributed by atoms with E-state index in [9.17, 15) is 32.0 Å². The number of hydrogen-bond acceptors (Lipinski definition) is 2. The fraction of sp³-hybridized carbons (Fsp3) is 0.263. The van der Waals surface area contributed by atoms with E-state index in [1.54, 1.807) is 0 Å². The molecule has 0 bridgehead atoms. The van der Waals surface area contributed by atoms with Crippen molar-refractivity contribution in [1.29, 1.82) is 0 Å². The summed E-state index contributed by atoms with van der Waals surface area (Å²) in [7, 11) is 0. The molecule has 9 heteroatoms. The van der Waals surface area contributed by atoms with Crippen LogP contribution in [0.3, 0.4) is 0 Å². The molecular formula is C19H15F5N2O2. The van der Waals surface area contributed by atoms with Crippen LogP contribution in [0, 0.1) is 16.8 Å². The molecule has 28 heavy (non-hydrogen) atoms. The molecule has 4 nitrogen and oxygen atoms in total. The number of amides is 1. The Labute approximate surface area is 156 Å². The SMILES string of the molecule is CC1=[N+]([O-])[C@@H](C(=O)Nc2cccc(F)c2F)[C@H](c2ccc(C(F)(F)F)cc2)C1. The quantitative estimate of drug-likeness (QED) is 0.472. The molecule has 2 atom stereocenters. The maximum Gasteiger partial charge on any atom is 0.416 e. The topological polar surface area (TPSA) is 55.2 Å². The highest BCUT2D eigenvalue weighted by molar-refractivity contribution is 5.97. The standard InChI is InChI=1S/C19H15F5N2O2/c1-10-9-13(11-5-7-12(8-6-11)19(22,23)24)17(26(10)28)18(27)25-15-4-2-3-14(20)16(15)21/h2-8,13,17H,9H2,1H3,(H,25,27)/t13-,17+/m0/s1. The Morgan fingerprint density at radius 3 is 2.39 bits per heavy atom. The molecule has 1 N–H and O–H groups in total. The van der Waals surface area contributed by atoms with Crippen LogP contribution in [0.1, 0.15) is 30.4 Å². The molecule has 2 aromatic carbocycles. The summed E-state index contributed by atoms with van der Waals surface area (Å²) in [6.07, 6.45) is -4.36. The molecule has 0 saturated heterocycles. The van der Waals surface area contributed by atoms with Gasteiger partial charge in [0.2, 0.25) is 6.04 Å². The maximum absolute atomic E-state index is 13.8. The van der Waals surface area contributed by atoms with Gasteiger partial charge in [0, 0.05) is 13.3 Å². The number of nitrogens with one attached hydrogen (secondary N) is 1. The number of rotatable bonds is 3. The third-order valence-electron chi connectivity index (χ3n) is 4.67. The van der Waals surface area contributed by atoms with Crippen LogP contribution in [0.25, 0.3) is 0 Å². The summed E-state index contributed by atoms with van der Waals surface area (Å²) in [6, 6.07) is 6.07. The molecule has 3 rings (SSSR count). The lowest BCUT2D eigenvalue weighted by Crippen LogP contribution is -2.37. The van der Waals surface area contributed by atoms with Crippen molar-refractivity contribution in [3.63, 3.8) is 0 Å². The lowest BCUT2D eigenvalue weighted by Gasteiger charge is -2.19. The van der Waals surface area contributed by atoms with Crippen LogP contribution >= 0.6 is 0 Å². The van der Waals surface area contributed by atoms with Crippen molar-refractivity contribution in [3.05, 3.63) is 70.4 Å². The van der Waals surface area contributed by atoms with Crippen LogP contribution in [-0.4, -0.2) is 22.4 Å². The highest BCUT2D eigenvalue weighted by Crippen LogP contribution is 2.35. The minimum atomic E-state index is -4.51. The van der Waals surface area contributed by atoms with Gasteiger partial charge >= 0.3 is 6.18 Å². The van der Waals surface area contributed by atoms with Gasteiger partial charge < -0.3 is 10.5 Å². The Morgan fingerprint density at radius 1 is 1.14 bits per heavy atom. The minimum absolute atomic E-state index is 0.151. The van der Waals surface area contributed by atoms with Gasteiger partial charge in [0.1, 0.15) is 0 Å². The van der Waals surface area contributed by atoms with Crippen molar-refractivity contribution < 1.29 is 31.5 Å². The number of carbonyl (C=O) groups is 1. The van der Waals surface area contributed by atoms with E-state index in [0.717, 1.165) is 24.3 Å². The van der Waals surface area contributed by atoms with Gasteiger partial charge in [-0.05, 0) is 29.8 Å². The summed E-state index contributed by atoms with van der Waals surface area (Å²) in [5.41, 5.74) is -0.596. The van der Waals surface area contributed by atoms with Crippen LogP contribution in [0.2, 0.25) is 0 Å². The number of anilines is 1.